The second kappa shape index (κ2) is 9.97. The van der Waals surface area contributed by atoms with E-state index in [1.807, 2.05) is 0 Å². The first kappa shape index (κ1) is 25.8. The lowest BCUT2D eigenvalue weighted by atomic mass is 9.76. The highest BCUT2D eigenvalue weighted by atomic mass is 19.3. The SMILES string of the molecule is Cc1c(OC(F)(F)c2c(F)cc(C3OCC(C4CCC(C)CC4)CO3)cc2F)cc(F)c(F)c1F. The summed E-state index contributed by atoms with van der Waals surface area (Å²) in [7, 11) is 0. The first-order valence-corrected chi connectivity index (χ1v) is 11.4. The molecule has 0 aromatic heterocycles. The van der Waals surface area contributed by atoms with Gasteiger partial charge in [-0.05, 0) is 43.7 Å². The van der Waals surface area contributed by atoms with Crippen LogP contribution in [0, 0.1) is 53.8 Å². The molecular weight excluding hydrogens is 481 g/mol. The molecule has 0 atom stereocenters. The van der Waals surface area contributed by atoms with Crippen LogP contribution in [-0.2, 0) is 15.6 Å². The Kier molecular flexibility index (Phi) is 7.33. The summed E-state index contributed by atoms with van der Waals surface area (Å²) in [5.41, 5.74) is -2.69. The third-order valence-electron chi connectivity index (χ3n) is 6.88. The van der Waals surface area contributed by atoms with Crippen molar-refractivity contribution in [3.05, 3.63) is 64.0 Å². The minimum atomic E-state index is -4.66. The third kappa shape index (κ3) is 5.28. The number of ether oxygens (including phenoxy) is 3. The van der Waals surface area contributed by atoms with Crippen LogP contribution in [0.15, 0.2) is 18.2 Å². The zero-order valence-electron chi connectivity index (χ0n) is 19.2. The summed E-state index contributed by atoms with van der Waals surface area (Å²) in [6.45, 7) is 3.70. The molecule has 2 aliphatic rings. The van der Waals surface area contributed by atoms with Crippen molar-refractivity contribution in [1.29, 1.82) is 0 Å². The van der Waals surface area contributed by atoms with E-state index in [1.165, 1.54) is 0 Å². The Morgan fingerprint density at radius 3 is 1.94 bits per heavy atom. The van der Waals surface area contributed by atoms with E-state index in [-0.39, 0.29) is 17.5 Å². The van der Waals surface area contributed by atoms with Crippen LogP contribution in [-0.4, -0.2) is 13.2 Å². The molecule has 1 aliphatic heterocycles. The highest BCUT2D eigenvalue weighted by Gasteiger charge is 2.43. The standard InChI is InChI=1S/C25H25F7O3/c1-12-3-5-14(6-4-12)16-10-33-24(34-11-16)15-7-17(26)21(18(27)8-15)25(31,32)35-20-9-19(28)23(30)22(29)13(20)2/h7-9,12,14,16,24H,3-6,10-11H2,1-2H3. The van der Waals surface area contributed by atoms with Crippen molar-refractivity contribution < 1.29 is 44.9 Å². The molecule has 0 N–H and O–H groups in total. The number of hydrogen-bond acceptors (Lipinski definition) is 3. The maximum Gasteiger partial charge on any atom is 0.432 e. The molecule has 0 unspecified atom stereocenters. The monoisotopic (exact) mass is 506 g/mol. The fourth-order valence-corrected chi connectivity index (χ4v) is 4.71. The minimum absolute atomic E-state index is 0.134. The van der Waals surface area contributed by atoms with Crippen LogP contribution in [0.4, 0.5) is 30.7 Å². The van der Waals surface area contributed by atoms with Crippen LogP contribution in [0.5, 0.6) is 5.75 Å². The van der Waals surface area contributed by atoms with Gasteiger partial charge in [0.15, 0.2) is 23.7 Å². The molecule has 192 valence electrons. The number of hydrogen-bond donors (Lipinski definition) is 0. The molecule has 3 nitrogen and oxygen atoms in total. The Labute approximate surface area is 198 Å². The van der Waals surface area contributed by atoms with Gasteiger partial charge in [-0.3, -0.25) is 0 Å². The van der Waals surface area contributed by atoms with Crippen LogP contribution in [0.1, 0.15) is 55.6 Å². The van der Waals surface area contributed by atoms with Gasteiger partial charge in [0, 0.05) is 23.1 Å². The van der Waals surface area contributed by atoms with Crippen molar-refractivity contribution >= 4 is 0 Å². The quantitative estimate of drug-likeness (QED) is 0.315. The molecule has 1 saturated heterocycles. The Hall–Kier alpha value is -2.33. The fourth-order valence-electron chi connectivity index (χ4n) is 4.71. The minimum Gasteiger partial charge on any atom is -0.428 e. The van der Waals surface area contributed by atoms with E-state index < -0.39 is 58.4 Å². The number of benzene rings is 2. The molecule has 0 bridgehead atoms. The number of alkyl halides is 2. The molecule has 10 heteroatoms. The Balaban J connectivity index is 1.49. The van der Waals surface area contributed by atoms with E-state index in [1.54, 1.807) is 0 Å². The van der Waals surface area contributed by atoms with Crippen molar-refractivity contribution in [2.45, 2.75) is 51.9 Å². The highest BCUT2D eigenvalue weighted by Crippen LogP contribution is 2.40. The largest absolute Gasteiger partial charge is 0.432 e. The van der Waals surface area contributed by atoms with Crippen molar-refractivity contribution in [1.82, 2.24) is 0 Å². The van der Waals surface area contributed by atoms with Crippen LogP contribution >= 0.6 is 0 Å². The predicted molar refractivity (Wildman–Crippen MR) is 111 cm³/mol. The topological polar surface area (TPSA) is 27.7 Å². The van der Waals surface area contributed by atoms with E-state index in [2.05, 4.69) is 11.7 Å². The summed E-state index contributed by atoms with van der Waals surface area (Å²) >= 11 is 0. The van der Waals surface area contributed by atoms with Gasteiger partial charge in [0.2, 0.25) is 0 Å². The van der Waals surface area contributed by atoms with E-state index in [4.69, 9.17) is 9.47 Å². The fraction of sp³-hybridized carbons (Fsp3) is 0.520. The molecule has 0 radical (unpaired) electrons. The second-order valence-corrected chi connectivity index (χ2v) is 9.37. The van der Waals surface area contributed by atoms with E-state index in [9.17, 15) is 30.7 Å². The molecule has 35 heavy (non-hydrogen) atoms. The van der Waals surface area contributed by atoms with Crippen LogP contribution in [0.3, 0.4) is 0 Å². The highest BCUT2D eigenvalue weighted by molar-refractivity contribution is 5.37. The molecule has 0 spiro atoms. The van der Waals surface area contributed by atoms with Crippen molar-refractivity contribution in [2.24, 2.45) is 17.8 Å². The number of halogens is 7. The summed E-state index contributed by atoms with van der Waals surface area (Å²) in [6, 6.07) is 1.46. The maximum atomic E-state index is 14.7. The van der Waals surface area contributed by atoms with Gasteiger partial charge in [-0.1, -0.05) is 19.8 Å². The Morgan fingerprint density at radius 2 is 1.37 bits per heavy atom. The summed E-state index contributed by atoms with van der Waals surface area (Å²) in [4.78, 5) is 0. The average Bonchev–Trinajstić information content (AvgIpc) is 2.81. The van der Waals surface area contributed by atoms with Gasteiger partial charge in [0.25, 0.3) is 0 Å². The Morgan fingerprint density at radius 1 is 0.800 bits per heavy atom. The average molecular weight is 506 g/mol. The molecular formula is C25H25F7O3. The third-order valence-corrected chi connectivity index (χ3v) is 6.88. The van der Waals surface area contributed by atoms with Crippen molar-refractivity contribution in [2.75, 3.05) is 13.2 Å². The summed E-state index contributed by atoms with van der Waals surface area (Å²) < 4.78 is 115. The lowest BCUT2D eigenvalue weighted by Gasteiger charge is -2.37. The summed E-state index contributed by atoms with van der Waals surface area (Å²) in [5, 5.41) is 0. The molecule has 1 saturated carbocycles. The van der Waals surface area contributed by atoms with E-state index >= 15 is 0 Å². The van der Waals surface area contributed by atoms with Gasteiger partial charge < -0.3 is 14.2 Å². The number of rotatable bonds is 5. The van der Waals surface area contributed by atoms with Gasteiger partial charge in [-0.2, -0.15) is 8.78 Å². The van der Waals surface area contributed by atoms with Crippen molar-refractivity contribution in [3.63, 3.8) is 0 Å². The molecule has 2 fully saturated rings. The molecule has 1 aliphatic carbocycles. The van der Waals surface area contributed by atoms with E-state index in [0.29, 0.717) is 37.2 Å². The lowest BCUT2D eigenvalue weighted by Crippen LogP contribution is -2.34. The molecule has 4 rings (SSSR count). The van der Waals surface area contributed by atoms with Crippen LogP contribution < -0.4 is 4.74 Å². The van der Waals surface area contributed by atoms with Crippen LogP contribution in [0.25, 0.3) is 0 Å². The predicted octanol–water partition coefficient (Wildman–Crippen LogP) is 7.31. The van der Waals surface area contributed by atoms with E-state index in [0.717, 1.165) is 32.6 Å². The van der Waals surface area contributed by atoms with Crippen LogP contribution in [0.2, 0.25) is 0 Å². The second-order valence-electron chi connectivity index (χ2n) is 9.37. The van der Waals surface area contributed by atoms with Gasteiger partial charge in [-0.25, -0.2) is 22.0 Å². The van der Waals surface area contributed by atoms with Gasteiger partial charge >= 0.3 is 6.11 Å². The van der Waals surface area contributed by atoms with Crippen molar-refractivity contribution in [3.8, 4) is 5.75 Å². The molecule has 0 amide bonds. The normalized spacial score (nSPS) is 25.5. The lowest BCUT2D eigenvalue weighted by molar-refractivity contribution is -0.215. The maximum absolute atomic E-state index is 14.7. The molecule has 2 aromatic carbocycles. The first-order valence-electron chi connectivity index (χ1n) is 11.4. The van der Waals surface area contributed by atoms with Gasteiger partial charge in [0.05, 0.1) is 13.2 Å². The smallest absolute Gasteiger partial charge is 0.428 e. The summed E-state index contributed by atoms with van der Waals surface area (Å²) in [5.74, 6) is -8.59. The molecule has 2 aromatic rings. The zero-order valence-corrected chi connectivity index (χ0v) is 19.2. The Bertz CT molecular complexity index is 1050. The zero-order chi connectivity index (χ0) is 25.5. The molecule has 1 heterocycles. The first-order chi connectivity index (χ1) is 16.5. The van der Waals surface area contributed by atoms with Gasteiger partial charge in [-0.15, -0.1) is 0 Å². The summed E-state index contributed by atoms with van der Waals surface area (Å²) in [6.07, 6.45) is -1.45. The van der Waals surface area contributed by atoms with Gasteiger partial charge in [0.1, 0.15) is 22.9 Å².